The first-order chi connectivity index (χ1) is 6.27. The molecule has 1 fully saturated rings. The van der Waals surface area contributed by atoms with Crippen molar-refractivity contribution in [1.82, 2.24) is 0 Å². The van der Waals surface area contributed by atoms with Crippen molar-refractivity contribution in [2.24, 2.45) is 5.73 Å². The van der Waals surface area contributed by atoms with Gasteiger partial charge in [0, 0.05) is 0 Å². The van der Waals surface area contributed by atoms with Crippen LogP contribution < -0.4 is 5.73 Å². The normalized spacial score (nSPS) is 30.6. The molecule has 3 unspecified atom stereocenters. The lowest BCUT2D eigenvalue weighted by Crippen LogP contribution is -2.25. The Bertz CT molecular complexity index is 260. The van der Waals surface area contributed by atoms with Gasteiger partial charge in [0.2, 0.25) is 0 Å². The molecule has 2 heterocycles. The summed E-state index contributed by atoms with van der Waals surface area (Å²) >= 11 is 1.69. The number of rotatable bonds is 2. The third-order valence-corrected chi connectivity index (χ3v) is 3.29. The molecule has 2 rings (SSSR count). The Labute approximate surface area is 82.7 Å². The summed E-state index contributed by atoms with van der Waals surface area (Å²) in [6.07, 6.45) is 2.85. The fraction of sp³-hybridized carbons (Fsp3) is 0.600. The molecule has 1 saturated heterocycles. The van der Waals surface area contributed by atoms with E-state index in [1.54, 1.807) is 11.3 Å². The summed E-state index contributed by atoms with van der Waals surface area (Å²) < 4.78 is 5.73. The van der Waals surface area contributed by atoms with Crippen LogP contribution in [0.3, 0.4) is 0 Å². The van der Waals surface area contributed by atoms with E-state index in [1.165, 1.54) is 5.56 Å². The van der Waals surface area contributed by atoms with Crippen LogP contribution in [0.1, 0.15) is 31.4 Å². The van der Waals surface area contributed by atoms with Gasteiger partial charge >= 0.3 is 0 Å². The van der Waals surface area contributed by atoms with E-state index in [1.807, 2.05) is 0 Å². The molecule has 0 saturated carbocycles. The molecule has 3 atom stereocenters. The van der Waals surface area contributed by atoms with Crippen molar-refractivity contribution in [3.05, 3.63) is 22.4 Å². The molecule has 72 valence electrons. The van der Waals surface area contributed by atoms with Gasteiger partial charge < -0.3 is 10.5 Å². The van der Waals surface area contributed by atoms with Crippen molar-refractivity contribution in [2.45, 2.75) is 38.0 Å². The number of hydrogen-bond acceptors (Lipinski definition) is 3. The second-order valence-electron chi connectivity index (χ2n) is 3.64. The van der Waals surface area contributed by atoms with Crippen LogP contribution in [0, 0.1) is 0 Å². The predicted molar refractivity (Wildman–Crippen MR) is 54.8 cm³/mol. The summed E-state index contributed by atoms with van der Waals surface area (Å²) in [5.74, 6) is 0. The molecule has 0 spiro atoms. The molecule has 13 heavy (non-hydrogen) atoms. The maximum absolute atomic E-state index is 6.09. The molecule has 1 aliphatic heterocycles. The van der Waals surface area contributed by atoms with Crippen LogP contribution >= 0.6 is 11.3 Å². The van der Waals surface area contributed by atoms with Crippen molar-refractivity contribution in [1.29, 1.82) is 0 Å². The SMILES string of the molecule is CC1CCC(C(N)c2ccsc2)O1. The minimum Gasteiger partial charge on any atom is -0.373 e. The predicted octanol–water partition coefficient (Wildman–Crippen LogP) is 2.32. The molecule has 1 aromatic heterocycles. The van der Waals surface area contributed by atoms with Crippen molar-refractivity contribution < 1.29 is 4.74 Å². The number of thiophene rings is 1. The average molecular weight is 197 g/mol. The van der Waals surface area contributed by atoms with E-state index in [-0.39, 0.29) is 12.1 Å². The van der Waals surface area contributed by atoms with Crippen molar-refractivity contribution >= 4 is 11.3 Å². The molecule has 2 nitrogen and oxygen atoms in total. The molecule has 0 bridgehead atoms. The highest BCUT2D eigenvalue weighted by Crippen LogP contribution is 2.29. The quantitative estimate of drug-likeness (QED) is 0.789. The van der Waals surface area contributed by atoms with Crippen LogP contribution in [0.5, 0.6) is 0 Å². The first kappa shape index (κ1) is 9.19. The molecule has 0 aliphatic carbocycles. The smallest absolute Gasteiger partial charge is 0.0772 e. The van der Waals surface area contributed by atoms with E-state index in [0.29, 0.717) is 6.10 Å². The van der Waals surface area contributed by atoms with Gasteiger partial charge in [-0.3, -0.25) is 0 Å². The first-order valence-corrected chi connectivity index (χ1v) is 5.65. The van der Waals surface area contributed by atoms with Crippen LogP contribution in [0.25, 0.3) is 0 Å². The minimum atomic E-state index is 0.0659. The molecule has 0 aromatic carbocycles. The van der Waals surface area contributed by atoms with E-state index < -0.39 is 0 Å². The van der Waals surface area contributed by atoms with Gasteiger partial charge in [-0.05, 0) is 42.2 Å². The third kappa shape index (κ3) is 1.93. The fourth-order valence-corrected chi connectivity index (χ4v) is 2.48. The Balaban J connectivity index is 2.02. The van der Waals surface area contributed by atoms with Gasteiger partial charge in [0.25, 0.3) is 0 Å². The molecule has 0 amide bonds. The van der Waals surface area contributed by atoms with Crippen LogP contribution in [-0.2, 0) is 4.74 Å². The number of ether oxygens (including phenoxy) is 1. The Morgan fingerprint density at radius 2 is 2.46 bits per heavy atom. The third-order valence-electron chi connectivity index (χ3n) is 2.59. The molecule has 3 heteroatoms. The zero-order valence-corrected chi connectivity index (χ0v) is 8.59. The van der Waals surface area contributed by atoms with Gasteiger partial charge in [0.15, 0.2) is 0 Å². The lowest BCUT2D eigenvalue weighted by Gasteiger charge is -2.18. The highest BCUT2D eigenvalue weighted by molar-refractivity contribution is 7.07. The van der Waals surface area contributed by atoms with E-state index in [2.05, 4.69) is 23.8 Å². The van der Waals surface area contributed by atoms with Gasteiger partial charge in [0.05, 0.1) is 18.2 Å². The molecule has 1 aliphatic rings. The summed E-state index contributed by atoms with van der Waals surface area (Å²) in [6.45, 7) is 2.11. The van der Waals surface area contributed by atoms with Crippen LogP contribution in [0.15, 0.2) is 16.8 Å². The Hall–Kier alpha value is -0.380. The maximum Gasteiger partial charge on any atom is 0.0772 e. The van der Waals surface area contributed by atoms with E-state index in [9.17, 15) is 0 Å². The minimum absolute atomic E-state index is 0.0659. The van der Waals surface area contributed by atoms with Crippen LogP contribution in [0.4, 0.5) is 0 Å². The van der Waals surface area contributed by atoms with Crippen molar-refractivity contribution in [2.75, 3.05) is 0 Å². The summed E-state index contributed by atoms with van der Waals surface area (Å²) in [5, 5.41) is 4.17. The number of nitrogens with two attached hydrogens (primary N) is 1. The molecular formula is C10H15NOS. The second-order valence-corrected chi connectivity index (χ2v) is 4.43. The number of hydrogen-bond donors (Lipinski definition) is 1. The lowest BCUT2D eigenvalue weighted by molar-refractivity contribution is 0.0402. The highest BCUT2D eigenvalue weighted by atomic mass is 32.1. The largest absolute Gasteiger partial charge is 0.373 e. The van der Waals surface area contributed by atoms with Crippen LogP contribution in [-0.4, -0.2) is 12.2 Å². The topological polar surface area (TPSA) is 35.2 Å². The first-order valence-electron chi connectivity index (χ1n) is 4.70. The van der Waals surface area contributed by atoms with Crippen molar-refractivity contribution in [3.63, 3.8) is 0 Å². The second kappa shape index (κ2) is 3.78. The lowest BCUT2D eigenvalue weighted by atomic mass is 10.0. The van der Waals surface area contributed by atoms with Gasteiger partial charge in [-0.15, -0.1) is 0 Å². The average Bonchev–Trinajstić information content (AvgIpc) is 2.72. The Morgan fingerprint density at radius 1 is 1.62 bits per heavy atom. The molecule has 0 radical (unpaired) electrons. The monoisotopic (exact) mass is 197 g/mol. The Kier molecular flexibility index (Phi) is 2.67. The van der Waals surface area contributed by atoms with Crippen molar-refractivity contribution in [3.8, 4) is 0 Å². The van der Waals surface area contributed by atoms with E-state index >= 15 is 0 Å². The Morgan fingerprint density at radius 3 is 3.00 bits per heavy atom. The van der Waals surface area contributed by atoms with Gasteiger partial charge in [-0.25, -0.2) is 0 Å². The summed E-state index contributed by atoms with van der Waals surface area (Å²) in [7, 11) is 0. The molecule has 2 N–H and O–H groups in total. The summed E-state index contributed by atoms with van der Waals surface area (Å²) in [6, 6.07) is 2.15. The fourth-order valence-electron chi connectivity index (χ4n) is 1.78. The van der Waals surface area contributed by atoms with Crippen LogP contribution in [0.2, 0.25) is 0 Å². The summed E-state index contributed by atoms with van der Waals surface area (Å²) in [5.41, 5.74) is 7.30. The maximum atomic E-state index is 6.09. The summed E-state index contributed by atoms with van der Waals surface area (Å²) in [4.78, 5) is 0. The molecule has 1 aromatic rings. The van der Waals surface area contributed by atoms with E-state index in [0.717, 1.165) is 12.8 Å². The standard InChI is InChI=1S/C10H15NOS/c1-7-2-3-9(12-7)10(11)8-4-5-13-6-8/h4-7,9-10H,2-3,11H2,1H3. The van der Waals surface area contributed by atoms with Gasteiger partial charge in [-0.1, -0.05) is 0 Å². The highest BCUT2D eigenvalue weighted by Gasteiger charge is 2.28. The molecular weight excluding hydrogens is 182 g/mol. The van der Waals surface area contributed by atoms with Gasteiger partial charge in [-0.2, -0.15) is 11.3 Å². The zero-order valence-electron chi connectivity index (χ0n) is 7.77. The van der Waals surface area contributed by atoms with Gasteiger partial charge in [0.1, 0.15) is 0 Å². The zero-order chi connectivity index (χ0) is 9.26. The van der Waals surface area contributed by atoms with E-state index in [4.69, 9.17) is 10.5 Å².